The van der Waals surface area contributed by atoms with E-state index < -0.39 is 6.09 Å². The second kappa shape index (κ2) is 11.4. The van der Waals surface area contributed by atoms with Crippen LogP contribution in [0.15, 0.2) is 19.0 Å². The van der Waals surface area contributed by atoms with E-state index in [1.807, 2.05) is 6.33 Å². The van der Waals surface area contributed by atoms with Crippen LogP contribution in [0.25, 0.3) is 11.2 Å². The van der Waals surface area contributed by atoms with Gasteiger partial charge in [-0.3, -0.25) is 0 Å². The third kappa shape index (κ3) is 5.89. The summed E-state index contributed by atoms with van der Waals surface area (Å²) in [6.07, 6.45) is 13.7. The number of nitrogens with two attached hydrogens (primary N) is 1. The first-order valence-electron chi connectivity index (χ1n) is 13.4. The lowest BCUT2D eigenvalue weighted by Gasteiger charge is -2.31. The van der Waals surface area contributed by atoms with Gasteiger partial charge in [-0.05, 0) is 51.4 Å². The molecular formula is C25H39N9O2. The van der Waals surface area contributed by atoms with Gasteiger partial charge in [0.2, 0.25) is 5.95 Å². The summed E-state index contributed by atoms with van der Waals surface area (Å²) in [4.78, 5) is 31.8. The smallest absolute Gasteiger partial charge is 0.365 e. The van der Waals surface area contributed by atoms with Crippen molar-refractivity contribution in [3.63, 3.8) is 0 Å². The molecule has 11 nitrogen and oxygen atoms in total. The van der Waals surface area contributed by atoms with Gasteiger partial charge in [-0.15, -0.1) is 11.6 Å². The predicted octanol–water partition coefficient (Wildman–Crippen LogP) is 3.33. The van der Waals surface area contributed by atoms with Crippen LogP contribution in [0.2, 0.25) is 0 Å². The summed E-state index contributed by atoms with van der Waals surface area (Å²) in [5.41, 5.74) is 7.82. The highest BCUT2D eigenvalue weighted by Gasteiger charge is 2.26. The molecule has 0 atom stereocenters. The first kappa shape index (κ1) is 24.8. The topological polar surface area (TPSA) is 135 Å². The SMILES string of the molecule is C=CCNC(=O)ON1CCC(Nc2nc(NC3CCC(N)CC3)nc3c2ncn3C2CCCC2)CC1. The Labute approximate surface area is 212 Å². The summed E-state index contributed by atoms with van der Waals surface area (Å²) in [5, 5.41) is 11.6. The van der Waals surface area contributed by atoms with E-state index >= 15 is 0 Å². The molecule has 0 radical (unpaired) electrons. The fourth-order valence-corrected chi connectivity index (χ4v) is 5.57. The highest BCUT2D eigenvalue weighted by Crippen LogP contribution is 2.33. The standard InChI is InChI=1S/C25H39N9O2/c1-2-13-27-25(35)36-33-14-11-19(12-15-33)29-22-21-23(34(16-28-21)20-5-3-4-6-20)32-24(31-22)30-18-9-7-17(26)8-10-18/h2,16-20H,1,3-15,26H2,(H,27,35)(H2,29,30,31,32). The zero-order chi connectivity index (χ0) is 24.9. The minimum absolute atomic E-state index is 0.205. The number of nitrogens with zero attached hydrogens (tertiary/aromatic N) is 5. The number of aromatic nitrogens is 4. The van der Waals surface area contributed by atoms with Gasteiger partial charge >= 0.3 is 6.09 Å². The van der Waals surface area contributed by atoms with E-state index in [0.29, 0.717) is 43.7 Å². The third-order valence-corrected chi connectivity index (χ3v) is 7.64. The third-order valence-electron chi connectivity index (χ3n) is 7.64. The quantitative estimate of drug-likeness (QED) is 0.405. The largest absolute Gasteiger partial charge is 0.426 e. The minimum atomic E-state index is -0.448. The fraction of sp³-hybridized carbons (Fsp3) is 0.680. The van der Waals surface area contributed by atoms with Gasteiger partial charge in [-0.25, -0.2) is 9.78 Å². The summed E-state index contributed by atoms with van der Waals surface area (Å²) in [5.74, 6) is 1.43. The van der Waals surface area contributed by atoms with Crippen LogP contribution < -0.4 is 21.7 Å². The molecule has 3 fully saturated rings. The molecular weight excluding hydrogens is 458 g/mol. The van der Waals surface area contributed by atoms with Crippen molar-refractivity contribution in [2.75, 3.05) is 30.3 Å². The maximum Gasteiger partial charge on any atom is 0.426 e. The lowest BCUT2D eigenvalue weighted by atomic mass is 9.92. The fourth-order valence-electron chi connectivity index (χ4n) is 5.57. The number of hydroxylamine groups is 2. The van der Waals surface area contributed by atoms with Gasteiger partial charge in [0.05, 0.1) is 6.33 Å². The van der Waals surface area contributed by atoms with Crippen molar-refractivity contribution in [2.45, 2.75) is 88.4 Å². The van der Waals surface area contributed by atoms with E-state index in [4.69, 9.17) is 25.5 Å². The van der Waals surface area contributed by atoms with Crippen LogP contribution in [0.3, 0.4) is 0 Å². The van der Waals surface area contributed by atoms with Crippen molar-refractivity contribution in [2.24, 2.45) is 5.73 Å². The van der Waals surface area contributed by atoms with Gasteiger partial charge in [0.25, 0.3) is 0 Å². The van der Waals surface area contributed by atoms with Gasteiger partial charge in [0.15, 0.2) is 17.0 Å². The molecule has 2 saturated carbocycles. The molecule has 2 aromatic rings. The summed E-state index contributed by atoms with van der Waals surface area (Å²) >= 11 is 0. The molecule has 11 heteroatoms. The Bertz CT molecular complexity index is 1040. The number of anilines is 2. The molecule has 1 saturated heterocycles. The number of hydrogen-bond donors (Lipinski definition) is 4. The molecule has 36 heavy (non-hydrogen) atoms. The molecule has 3 heterocycles. The van der Waals surface area contributed by atoms with Crippen molar-refractivity contribution < 1.29 is 9.63 Å². The number of carbonyl (C=O) groups excluding carboxylic acids is 1. The first-order valence-corrected chi connectivity index (χ1v) is 13.4. The van der Waals surface area contributed by atoms with Crippen LogP contribution in [0.4, 0.5) is 16.6 Å². The van der Waals surface area contributed by atoms with Gasteiger partial charge in [-0.1, -0.05) is 18.9 Å². The van der Waals surface area contributed by atoms with Gasteiger partial charge in [-0.2, -0.15) is 9.97 Å². The van der Waals surface area contributed by atoms with E-state index in [2.05, 4.69) is 27.1 Å². The van der Waals surface area contributed by atoms with E-state index in [1.165, 1.54) is 25.7 Å². The van der Waals surface area contributed by atoms with E-state index in [9.17, 15) is 4.79 Å². The second-order valence-corrected chi connectivity index (χ2v) is 10.3. The summed E-state index contributed by atoms with van der Waals surface area (Å²) in [6.45, 7) is 5.28. The Hall–Kier alpha value is -2.92. The number of fused-ring (bicyclic) bond motifs is 1. The van der Waals surface area contributed by atoms with Crippen LogP contribution in [0.5, 0.6) is 0 Å². The Morgan fingerprint density at radius 2 is 1.78 bits per heavy atom. The number of rotatable bonds is 8. The lowest BCUT2D eigenvalue weighted by Crippen LogP contribution is -2.42. The Balaban J connectivity index is 1.30. The molecule has 0 aromatic carbocycles. The molecule has 1 amide bonds. The number of amides is 1. The number of carbonyl (C=O) groups is 1. The molecule has 0 bridgehead atoms. The van der Waals surface area contributed by atoms with E-state index in [1.54, 1.807) is 11.1 Å². The average molecular weight is 498 g/mol. The molecule has 3 aliphatic rings. The molecule has 0 unspecified atom stereocenters. The normalized spacial score (nSPS) is 24.0. The zero-order valence-electron chi connectivity index (χ0n) is 21.0. The maximum atomic E-state index is 11.8. The van der Waals surface area contributed by atoms with Gasteiger partial charge in [0, 0.05) is 43.8 Å². The predicted molar refractivity (Wildman–Crippen MR) is 140 cm³/mol. The van der Waals surface area contributed by atoms with Crippen molar-refractivity contribution in [1.29, 1.82) is 0 Å². The summed E-state index contributed by atoms with van der Waals surface area (Å²) in [6, 6.07) is 1.29. The molecule has 196 valence electrons. The first-order chi connectivity index (χ1) is 17.6. The van der Waals surface area contributed by atoms with Gasteiger partial charge < -0.3 is 31.1 Å². The lowest BCUT2D eigenvalue weighted by molar-refractivity contribution is -0.112. The van der Waals surface area contributed by atoms with Crippen LogP contribution >= 0.6 is 0 Å². The molecule has 5 rings (SSSR count). The molecule has 5 N–H and O–H groups in total. The average Bonchev–Trinajstić information content (AvgIpc) is 3.55. The molecule has 2 aliphatic carbocycles. The molecule has 2 aromatic heterocycles. The van der Waals surface area contributed by atoms with Crippen LogP contribution in [0.1, 0.15) is 70.3 Å². The Morgan fingerprint density at radius 3 is 2.50 bits per heavy atom. The summed E-state index contributed by atoms with van der Waals surface area (Å²) in [7, 11) is 0. The highest BCUT2D eigenvalue weighted by atomic mass is 16.7. The van der Waals surface area contributed by atoms with Crippen molar-refractivity contribution in [3.05, 3.63) is 19.0 Å². The van der Waals surface area contributed by atoms with E-state index in [0.717, 1.165) is 55.5 Å². The second-order valence-electron chi connectivity index (χ2n) is 10.3. The van der Waals surface area contributed by atoms with Crippen LogP contribution in [-0.2, 0) is 4.84 Å². The monoisotopic (exact) mass is 497 g/mol. The number of piperidine rings is 1. The van der Waals surface area contributed by atoms with Crippen molar-refractivity contribution in [1.82, 2.24) is 29.9 Å². The van der Waals surface area contributed by atoms with Crippen LogP contribution in [0, 0.1) is 0 Å². The molecule has 0 spiro atoms. The highest BCUT2D eigenvalue weighted by molar-refractivity contribution is 5.84. The van der Waals surface area contributed by atoms with E-state index in [-0.39, 0.29) is 6.04 Å². The van der Waals surface area contributed by atoms with Crippen molar-refractivity contribution in [3.8, 4) is 0 Å². The Morgan fingerprint density at radius 1 is 1.06 bits per heavy atom. The minimum Gasteiger partial charge on any atom is -0.365 e. The number of hydrogen-bond acceptors (Lipinski definition) is 9. The Kier molecular flexibility index (Phi) is 7.86. The molecule has 1 aliphatic heterocycles. The van der Waals surface area contributed by atoms with Crippen LogP contribution in [-0.4, -0.2) is 68.4 Å². The van der Waals surface area contributed by atoms with Crippen molar-refractivity contribution >= 4 is 29.0 Å². The summed E-state index contributed by atoms with van der Waals surface area (Å²) < 4.78 is 2.25. The van der Waals surface area contributed by atoms with Gasteiger partial charge in [0.1, 0.15) is 0 Å². The maximum absolute atomic E-state index is 11.8. The number of imidazole rings is 1. The number of nitrogens with one attached hydrogen (secondary N) is 3. The zero-order valence-corrected chi connectivity index (χ0v) is 21.0.